The lowest BCUT2D eigenvalue weighted by Crippen LogP contribution is -2.60. The fourth-order valence-electron chi connectivity index (χ4n) is 8.28. The van der Waals surface area contributed by atoms with Gasteiger partial charge in [0.1, 0.15) is 36.6 Å². The first-order chi connectivity index (χ1) is 31.6. The number of hydrogen-bond donors (Lipinski definition) is 12. The van der Waals surface area contributed by atoms with Crippen molar-refractivity contribution in [1.29, 1.82) is 0 Å². The number of nitrogens with one attached hydrogen (secondary N) is 4. The zero-order chi connectivity index (χ0) is 49.3. The van der Waals surface area contributed by atoms with Crippen LogP contribution in [-0.2, 0) is 67.0 Å². The summed E-state index contributed by atoms with van der Waals surface area (Å²) in [5.41, 5.74) is 7.33. The fraction of sp³-hybridized carbons (Fsp3) is 0.422. The van der Waals surface area contributed by atoms with Gasteiger partial charge < -0.3 is 80.4 Å². The molecule has 22 nitrogen and oxygen atoms in total. The minimum absolute atomic E-state index is 0.0340. The zero-order valence-corrected chi connectivity index (χ0v) is 36.7. The minimum atomic E-state index is -2.01. The molecule has 4 aliphatic heterocycles. The molecule has 2 amide bonds. The second kappa shape index (κ2) is 20.2. The number of ether oxygens (including phenoxy) is 4. The Morgan fingerprint density at radius 3 is 1.42 bits per heavy atom. The molecule has 10 atom stereocenters. The Morgan fingerprint density at radius 2 is 1.01 bits per heavy atom. The summed E-state index contributed by atoms with van der Waals surface area (Å²) in [4.78, 5) is 81.9. The number of carboxylic acid groups (broad SMARTS) is 2. The number of aromatic amines is 2. The predicted molar refractivity (Wildman–Crippen MR) is 229 cm³/mol. The van der Waals surface area contributed by atoms with Crippen LogP contribution < -0.4 is 10.6 Å². The molecule has 4 aliphatic rings. The quantitative estimate of drug-likeness (QED) is 0.0920. The number of aliphatic carboxylic acids is 2. The number of aliphatic hydroxyl groups excluding tert-OH is 6. The van der Waals surface area contributed by atoms with E-state index in [-0.39, 0.29) is 43.9 Å². The lowest BCUT2D eigenvalue weighted by molar-refractivity contribution is -0.286. The molecule has 2 fully saturated rings. The molecule has 22 heteroatoms. The van der Waals surface area contributed by atoms with Crippen LogP contribution in [0.25, 0.3) is 12.2 Å². The van der Waals surface area contributed by atoms with E-state index in [1.807, 2.05) is 0 Å². The summed E-state index contributed by atoms with van der Waals surface area (Å²) < 4.78 is 20.8. The maximum Gasteiger partial charge on any atom is 0.335 e. The summed E-state index contributed by atoms with van der Waals surface area (Å²) in [6.07, 6.45) is -14.3. The third kappa shape index (κ3) is 10.1. The number of esters is 2. The molecule has 360 valence electrons. The molecule has 12 N–H and O–H groups in total. The Morgan fingerprint density at radius 1 is 0.597 bits per heavy atom. The maximum absolute atomic E-state index is 13.3. The van der Waals surface area contributed by atoms with Crippen molar-refractivity contribution >= 4 is 47.8 Å². The second-order valence-electron chi connectivity index (χ2n) is 16.4. The Balaban J connectivity index is 1.35. The molecule has 0 saturated carbocycles. The molecule has 0 radical (unpaired) electrons. The van der Waals surface area contributed by atoms with Gasteiger partial charge in [-0.15, -0.1) is 0 Å². The molecular weight excluding hydrogens is 885 g/mol. The van der Waals surface area contributed by atoms with Crippen LogP contribution in [0.15, 0.2) is 59.0 Å². The molecule has 0 unspecified atom stereocenters. The summed E-state index contributed by atoms with van der Waals surface area (Å²) in [6, 6.07) is 0. The smallest absolute Gasteiger partial charge is 0.335 e. The first-order valence-corrected chi connectivity index (χ1v) is 21.0. The summed E-state index contributed by atoms with van der Waals surface area (Å²) >= 11 is 0. The number of aliphatic hydroxyl groups is 6. The van der Waals surface area contributed by atoms with Crippen LogP contribution in [0.5, 0.6) is 0 Å². The predicted octanol–water partition coefficient (Wildman–Crippen LogP) is -0.767. The van der Waals surface area contributed by atoms with E-state index in [1.54, 1.807) is 39.8 Å². The molecular formula is C45H52N4O18. The highest BCUT2D eigenvalue weighted by Crippen LogP contribution is 2.33. The first kappa shape index (κ1) is 49.9. The van der Waals surface area contributed by atoms with Crippen LogP contribution in [0, 0.1) is 13.8 Å². The van der Waals surface area contributed by atoms with Crippen molar-refractivity contribution in [3.8, 4) is 0 Å². The topological polar surface area (TPSA) is 357 Å². The number of allylic oxidation sites excluding steroid dienone is 2. The number of carboxylic acids is 2. The van der Waals surface area contributed by atoms with Gasteiger partial charge in [-0.3, -0.25) is 19.2 Å². The summed E-state index contributed by atoms with van der Waals surface area (Å²) in [5.74, 6) is -5.96. The Bertz CT molecular complexity index is 2530. The number of H-pyrrole nitrogens is 2. The van der Waals surface area contributed by atoms with E-state index < -0.39 is 85.3 Å². The second-order valence-corrected chi connectivity index (χ2v) is 16.4. The number of rotatable bonds is 16. The molecule has 2 aromatic heterocycles. The average molecular weight is 937 g/mol. The lowest BCUT2D eigenvalue weighted by atomic mass is 9.98. The van der Waals surface area contributed by atoms with E-state index in [4.69, 9.17) is 18.9 Å². The van der Waals surface area contributed by atoms with E-state index in [2.05, 4.69) is 33.8 Å². The van der Waals surface area contributed by atoms with Crippen molar-refractivity contribution in [3.63, 3.8) is 0 Å². The van der Waals surface area contributed by atoms with Gasteiger partial charge in [-0.2, -0.15) is 0 Å². The van der Waals surface area contributed by atoms with Crippen molar-refractivity contribution in [2.24, 2.45) is 0 Å². The Kier molecular flexibility index (Phi) is 15.0. The molecule has 6 rings (SSSR count). The highest BCUT2D eigenvalue weighted by molar-refractivity contribution is 6.03. The third-order valence-corrected chi connectivity index (χ3v) is 12.2. The van der Waals surface area contributed by atoms with Gasteiger partial charge in [0.15, 0.2) is 12.2 Å². The van der Waals surface area contributed by atoms with Crippen LogP contribution >= 0.6 is 0 Å². The molecule has 67 heavy (non-hydrogen) atoms. The monoisotopic (exact) mass is 936 g/mol. The van der Waals surface area contributed by atoms with Gasteiger partial charge in [0.25, 0.3) is 11.8 Å². The van der Waals surface area contributed by atoms with Crippen LogP contribution in [0.3, 0.4) is 0 Å². The van der Waals surface area contributed by atoms with Crippen LogP contribution in [0.1, 0.15) is 71.7 Å². The van der Waals surface area contributed by atoms with E-state index in [0.717, 1.165) is 0 Å². The van der Waals surface area contributed by atoms with Gasteiger partial charge in [-0.05, 0) is 80.5 Å². The summed E-state index contributed by atoms with van der Waals surface area (Å²) in [5, 5.41) is 86.0. The van der Waals surface area contributed by atoms with Crippen molar-refractivity contribution in [2.75, 3.05) is 0 Å². The van der Waals surface area contributed by atoms with Crippen molar-refractivity contribution in [3.05, 3.63) is 104 Å². The Labute approximate surface area is 381 Å². The van der Waals surface area contributed by atoms with Gasteiger partial charge >= 0.3 is 23.9 Å². The number of aromatic nitrogens is 2. The molecule has 0 aromatic carbocycles. The van der Waals surface area contributed by atoms with Crippen LogP contribution in [-0.4, -0.2) is 148 Å². The number of carbonyl (C=O) groups is 6. The SMILES string of the molecule is C=CC1=C(C)/C(=C/c2[nH]c(Cc3[nH]c(/C=C4/NC(=O)C(C)=C4C=C)c(C)c3CCC(=O)O[C@@H]3O[C@H](C(=O)O)[C@@H](O)[C@H](O)[C@H]3O)c(CCC(=O)O[C@@H]3O[C@H](C(=O)O)[C@@H](O)[C@H](O)[C@H]3O)c2C)NC1=O. The van der Waals surface area contributed by atoms with Crippen LogP contribution in [0.2, 0.25) is 0 Å². The van der Waals surface area contributed by atoms with Gasteiger partial charge in [0.05, 0.1) is 5.70 Å². The first-order valence-electron chi connectivity index (χ1n) is 21.0. The fourth-order valence-corrected chi connectivity index (χ4v) is 8.28. The number of amides is 2. The highest BCUT2D eigenvalue weighted by atomic mass is 16.7. The maximum atomic E-state index is 13.3. The third-order valence-electron chi connectivity index (χ3n) is 12.2. The highest BCUT2D eigenvalue weighted by Gasteiger charge is 2.50. The molecule has 2 saturated heterocycles. The summed E-state index contributed by atoms with van der Waals surface area (Å²) in [6.45, 7) is 14.4. The molecule has 0 bridgehead atoms. The summed E-state index contributed by atoms with van der Waals surface area (Å²) in [7, 11) is 0. The number of carbonyl (C=O) groups excluding carboxylic acids is 4. The van der Waals surface area contributed by atoms with E-state index in [1.165, 1.54) is 12.2 Å². The molecule has 6 heterocycles. The van der Waals surface area contributed by atoms with Crippen molar-refractivity contribution in [2.45, 2.75) is 121 Å². The van der Waals surface area contributed by atoms with Crippen molar-refractivity contribution in [1.82, 2.24) is 20.6 Å². The standard InChI is InChI=1S/C45H52N4O18/c1-7-20-19(6)40(58)49-27(20)14-25-18(5)23(10-12-31(51)65-45-37(57)33(53)35(55)39(67-45)43(62)63)29(47-25)15-28-22(17(4)24(46-28)13-26-16(3)21(8-2)41(59)48-26)9-11-30(50)64-44-36(56)32(52)34(54)38(66-44)42(60)61/h7-8,13-14,32-39,44-47,52-57H,1-2,9-12,15H2,3-6H3,(H,48,59)(H,49,58)(H,60,61)(H,62,63)/b26-13-,27-14+/t32-,33-,34-,35-,36+,37+,38-,39-,44+,45+/m0/s1. The van der Waals surface area contributed by atoms with Gasteiger partial charge in [0, 0.05) is 64.5 Å². The van der Waals surface area contributed by atoms with Crippen LogP contribution in [0.4, 0.5) is 0 Å². The lowest BCUT2D eigenvalue weighted by Gasteiger charge is -2.37. The van der Waals surface area contributed by atoms with Gasteiger partial charge in [0.2, 0.25) is 12.6 Å². The molecule has 0 spiro atoms. The average Bonchev–Trinajstić information content (AvgIpc) is 3.93. The Hall–Kier alpha value is -6.50. The number of hydrogen-bond acceptors (Lipinski definition) is 16. The van der Waals surface area contributed by atoms with E-state index in [9.17, 15) is 69.6 Å². The van der Waals surface area contributed by atoms with Crippen molar-refractivity contribution < 1.29 is 88.6 Å². The van der Waals surface area contributed by atoms with Gasteiger partial charge in [-0.25, -0.2) is 9.59 Å². The normalized spacial score (nSPS) is 28.7. The zero-order valence-electron chi connectivity index (χ0n) is 36.7. The van der Waals surface area contributed by atoms with E-state index >= 15 is 0 Å². The van der Waals surface area contributed by atoms with E-state index in [0.29, 0.717) is 78.7 Å². The molecule has 2 aromatic rings. The van der Waals surface area contributed by atoms with Gasteiger partial charge in [-0.1, -0.05) is 25.3 Å². The minimum Gasteiger partial charge on any atom is -0.479 e. The largest absolute Gasteiger partial charge is 0.479 e. The molecule has 0 aliphatic carbocycles.